The van der Waals surface area contributed by atoms with Gasteiger partial charge in [0.2, 0.25) is 75.0 Å². The van der Waals surface area contributed by atoms with E-state index in [-0.39, 0.29) is 0 Å². The summed E-state index contributed by atoms with van der Waals surface area (Å²) >= 11 is 0. The van der Waals surface area contributed by atoms with Gasteiger partial charge in [0.05, 0.1) is 13.1 Å². The van der Waals surface area contributed by atoms with Crippen molar-refractivity contribution in [3.63, 3.8) is 0 Å². The highest BCUT2D eigenvalue weighted by Crippen LogP contribution is 2.46. The first-order valence-electron chi connectivity index (χ1n) is 20.9. The minimum atomic E-state index is -2.58. The number of carboxylic acids is 3. The van der Waals surface area contributed by atoms with Gasteiger partial charge in [-0.1, -0.05) is 0 Å². The number of ether oxygens (including phenoxy) is 6. The Balaban J connectivity index is 0.000000209. The standard InChI is InChI=1S/C16F6N4O.C16H6F6O9.C16F6O7/c1-25-13-9(19)11(21)16(12(22)14(13)26-2)27-15-8(18)6(4-24)5(3-23)7(17)10(15)20;17-5-2(14(24)25)3(15(26)27)6(18)12(8(5)20)31-13-7(19)4(16(28)29)11(30-1-23)9(21)10(13)22;17-5-1-3(15(25)28-13(1)23)7(19)11(9(5)21)27-12-8(20)4-2(6(18)10(12)22)14(24)29-16(4)26/h;23H,1H2,(H,24,25)(H,26,27)(H,28,29);. The van der Waals surface area contributed by atoms with Crippen LogP contribution >= 0.6 is 0 Å². The minimum Gasteiger partial charge on any atom is -0.478 e. The second kappa shape index (κ2) is 24.0. The SMILES string of the molecule is O=C(O)c1c(F)c(Oc2c(F)c(F)c(C(=O)O)c(C(=O)O)c2F)c(F)c(F)c1OCO.O=C1OC(=O)c2c(F)c(Oc3c(F)c(F)c4c(c3F)C(=O)OC4=O)c(F)c(F)c21.[C-]#[N+]c1c(F)c(F)c(Oc2c(F)c(F)c(C#N)c(C#N)c2F)c(F)c1[N+]#[C-]. The molecule has 87 heavy (non-hydrogen) atoms. The zero-order chi connectivity index (χ0) is 65.6. The summed E-state index contributed by atoms with van der Waals surface area (Å²) in [5, 5.41) is 52.7. The van der Waals surface area contributed by atoms with Gasteiger partial charge in [0.25, 0.3) is 0 Å². The van der Waals surface area contributed by atoms with Crippen molar-refractivity contribution in [2.45, 2.75) is 0 Å². The summed E-state index contributed by atoms with van der Waals surface area (Å²) in [7, 11) is 0. The molecule has 6 aromatic carbocycles. The normalized spacial score (nSPS) is 11.7. The number of fused-ring (bicyclic) bond motifs is 2. The lowest BCUT2D eigenvalue weighted by Gasteiger charge is -2.16. The van der Waals surface area contributed by atoms with Crippen molar-refractivity contribution in [2.75, 3.05) is 6.79 Å². The molecule has 6 aromatic rings. The molecule has 0 aliphatic carbocycles. The van der Waals surface area contributed by atoms with Crippen LogP contribution in [0.15, 0.2) is 0 Å². The van der Waals surface area contributed by atoms with Gasteiger partial charge in [-0.25, -0.2) is 95.9 Å². The van der Waals surface area contributed by atoms with E-state index in [4.69, 9.17) is 44.1 Å². The number of nitrogens with zero attached hydrogens (tertiary/aromatic N) is 4. The number of benzene rings is 6. The number of nitriles is 2. The van der Waals surface area contributed by atoms with Crippen LogP contribution in [0.4, 0.5) is 90.4 Å². The summed E-state index contributed by atoms with van der Waals surface area (Å²) in [6.45, 7) is 11.9. The number of aliphatic hydroxyl groups is 1. The predicted molar refractivity (Wildman–Crippen MR) is 228 cm³/mol. The second-order valence-corrected chi connectivity index (χ2v) is 15.3. The fourth-order valence-corrected chi connectivity index (χ4v) is 6.98. The molecule has 21 nitrogen and oxygen atoms in total. The molecule has 0 aromatic heterocycles. The van der Waals surface area contributed by atoms with E-state index in [9.17, 15) is 113 Å². The zero-order valence-corrected chi connectivity index (χ0v) is 39.9. The topological polar surface area (TPSA) is 312 Å². The van der Waals surface area contributed by atoms with Crippen LogP contribution in [0.2, 0.25) is 0 Å². The molecule has 0 radical (unpaired) electrons. The van der Waals surface area contributed by atoms with Gasteiger partial charge in [-0.15, -0.1) is 0 Å². The fraction of sp³-hybridized carbons (Fsp3) is 0.0208. The second-order valence-electron chi connectivity index (χ2n) is 15.3. The van der Waals surface area contributed by atoms with Crippen molar-refractivity contribution in [1.29, 1.82) is 10.5 Å². The van der Waals surface area contributed by atoms with Gasteiger partial charge >= 0.3 is 41.8 Å². The maximum Gasteiger partial charge on any atom is 0.350 e. The monoisotopic (exact) mass is 1250 g/mol. The first kappa shape index (κ1) is 64.0. The number of hydrogen-bond donors (Lipinski definition) is 4. The van der Waals surface area contributed by atoms with Crippen LogP contribution in [0.25, 0.3) is 9.69 Å². The number of esters is 4. The highest BCUT2D eigenvalue weighted by atomic mass is 19.2. The molecule has 0 amide bonds. The summed E-state index contributed by atoms with van der Waals surface area (Å²) in [4.78, 5) is 83.6. The molecule has 0 saturated heterocycles. The summed E-state index contributed by atoms with van der Waals surface area (Å²) in [6.07, 6.45) is 0. The number of carbonyl (C=O) groups excluding carboxylic acids is 4. The van der Waals surface area contributed by atoms with Gasteiger partial charge in [-0.05, 0) is 0 Å². The third kappa shape index (κ3) is 10.5. The number of hydrogen-bond acceptors (Lipinski definition) is 16. The van der Waals surface area contributed by atoms with Crippen molar-refractivity contribution in [2.24, 2.45) is 0 Å². The molecule has 0 bridgehead atoms. The van der Waals surface area contributed by atoms with Crippen molar-refractivity contribution in [1.82, 2.24) is 0 Å². The maximum atomic E-state index is 14.4. The predicted octanol–water partition coefficient (Wildman–Crippen LogP) is 10.8. The summed E-state index contributed by atoms with van der Waals surface area (Å²) in [6, 6.07) is 2.09. The summed E-state index contributed by atoms with van der Waals surface area (Å²) < 4.78 is 279. The first-order valence-corrected chi connectivity index (χ1v) is 20.9. The Morgan fingerprint density at radius 3 is 1.03 bits per heavy atom. The van der Waals surface area contributed by atoms with E-state index in [0.717, 1.165) is 12.1 Å². The fourth-order valence-electron chi connectivity index (χ4n) is 6.98. The summed E-state index contributed by atoms with van der Waals surface area (Å²) in [5.41, 5.74) is -16.9. The van der Waals surface area contributed by atoms with E-state index in [1.54, 1.807) is 0 Å². The summed E-state index contributed by atoms with van der Waals surface area (Å²) in [5.74, 6) is -68.1. The number of carbonyl (C=O) groups is 7. The molecule has 0 unspecified atom stereocenters. The van der Waals surface area contributed by atoms with Gasteiger partial charge in [-0.3, -0.25) is 0 Å². The number of aliphatic hydroxyl groups excluding tert-OH is 1. The highest BCUT2D eigenvalue weighted by molar-refractivity contribution is 6.16. The number of cyclic esters (lactones) is 4. The lowest BCUT2D eigenvalue weighted by atomic mass is 10.0. The average molecular weight is 1250 g/mol. The van der Waals surface area contributed by atoms with Crippen LogP contribution in [0.3, 0.4) is 0 Å². The van der Waals surface area contributed by atoms with E-state index in [2.05, 4.69) is 38.1 Å². The van der Waals surface area contributed by atoms with E-state index >= 15 is 0 Å². The molecule has 4 N–H and O–H groups in total. The van der Waals surface area contributed by atoms with E-state index in [0.29, 0.717) is 0 Å². The molecule has 0 saturated carbocycles. The molecule has 2 aliphatic rings. The molecule has 0 spiro atoms. The van der Waals surface area contributed by atoms with Crippen LogP contribution in [0, 0.1) is 141 Å². The largest absolute Gasteiger partial charge is 0.478 e. The Kier molecular flexibility index (Phi) is 17.7. The molecular weight excluding hydrogens is 1250 g/mol. The Bertz CT molecular complexity index is 4220. The third-order valence-electron chi connectivity index (χ3n) is 10.7. The molecule has 0 atom stereocenters. The number of carboxylic acid groups (broad SMARTS) is 3. The Hall–Kier alpha value is -12.1. The van der Waals surface area contributed by atoms with Crippen LogP contribution in [0.1, 0.15) is 83.6 Å². The molecular formula is C48H6F18N4O17. The Morgan fingerprint density at radius 1 is 0.379 bits per heavy atom. The molecule has 446 valence electrons. The first-order chi connectivity index (χ1) is 40.7. The number of rotatable bonds is 11. The third-order valence-corrected chi connectivity index (χ3v) is 10.7. The molecule has 39 heteroatoms. The lowest BCUT2D eigenvalue weighted by Crippen LogP contribution is -2.17. The lowest BCUT2D eigenvalue weighted by molar-refractivity contribution is 0.0422. The average Bonchev–Trinajstić information content (AvgIpc) is 1.76. The van der Waals surface area contributed by atoms with Crippen LogP contribution in [0.5, 0.6) is 40.2 Å². The van der Waals surface area contributed by atoms with E-state index in [1.165, 1.54) is 0 Å². The smallest absolute Gasteiger partial charge is 0.350 e. The van der Waals surface area contributed by atoms with Crippen molar-refractivity contribution in [3.8, 4) is 52.4 Å². The molecule has 2 heterocycles. The van der Waals surface area contributed by atoms with Crippen molar-refractivity contribution >= 4 is 53.2 Å². The van der Waals surface area contributed by atoms with Gasteiger partial charge in [-0.2, -0.15) is 36.9 Å². The van der Waals surface area contributed by atoms with Crippen LogP contribution in [-0.2, 0) is 9.47 Å². The number of aromatic carboxylic acids is 3. The quantitative estimate of drug-likeness (QED) is 0.0234. The van der Waals surface area contributed by atoms with Crippen molar-refractivity contribution in [3.05, 3.63) is 178 Å². The van der Waals surface area contributed by atoms with Crippen molar-refractivity contribution < 1.29 is 161 Å². The maximum absolute atomic E-state index is 14.4. The highest BCUT2D eigenvalue weighted by Gasteiger charge is 2.45. The molecule has 0 fully saturated rings. The molecule has 8 rings (SSSR count). The van der Waals surface area contributed by atoms with Gasteiger partial charge in [0, 0.05) is 0 Å². The Labute approximate surface area is 461 Å². The van der Waals surface area contributed by atoms with Crippen LogP contribution in [-0.4, -0.2) is 69.0 Å². The van der Waals surface area contributed by atoms with Crippen LogP contribution < -0.4 is 18.9 Å². The minimum absolute atomic E-state index is 1.04. The number of halogens is 18. The van der Waals surface area contributed by atoms with Gasteiger partial charge < -0.3 is 48.8 Å². The van der Waals surface area contributed by atoms with Gasteiger partial charge in [0.1, 0.15) is 62.2 Å². The Morgan fingerprint density at radius 2 is 0.655 bits per heavy atom. The molecule has 2 aliphatic heterocycles. The van der Waals surface area contributed by atoms with Gasteiger partial charge in [0.15, 0.2) is 88.1 Å². The van der Waals surface area contributed by atoms with E-state index < -0.39 is 255 Å². The zero-order valence-electron chi connectivity index (χ0n) is 39.9. The van der Waals surface area contributed by atoms with E-state index in [1.807, 2.05) is 0 Å².